The van der Waals surface area contributed by atoms with Crippen LogP contribution in [0.15, 0.2) is 30.5 Å². The van der Waals surface area contributed by atoms with Crippen LogP contribution >= 0.6 is 9.24 Å². The summed E-state index contributed by atoms with van der Waals surface area (Å²) in [6, 6.07) is 8.19. The zero-order chi connectivity index (χ0) is 15.3. The minimum atomic E-state index is -0.317. The van der Waals surface area contributed by atoms with Crippen molar-refractivity contribution >= 4 is 27.4 Å². The van der Waals surface area contributed by atoms with Gasteiger partial charge in [-0.15, -0.1) is 0 Å². The zero-order valence-electron chi connectivity index (χ0n) is 12.8. The minimum Gasteiger partial charge on any atom is -0.399 e. The summed E-state index contributed by atoms with van der Waals surface area (Å²) in [5.74, 6) is 0. The Bertz CT molecular complexity index is 636. The normalized spacial score (nSPS) is 20.0. The van der Waals surface area contributed by atoms with E-state index in [0.717, 1.165) is 22.3 Å². The third-order valence-corrected chi connectivity index (χ3v) is 4.64. The van der Waals surface area contributed by atoms with Gasteiger partial charge in [0.15, 0.2) is 0 Å². The molecule has 1 aliphatic heterocycles. The van der Waals surface area contributed by atoms with Gasteiger partial charge < -0.3 is 14.3 Å². The molecule has 0 radical (unpaired) electrons. The van der Waals surface area contributed by atoms with Gasteiger partial charge in [-0.05, 0) is 38.7 Å². The fourth-order valence-electron chi connectivity index (χ4n) is 2.28. The second-order valence-electron chi connectivity index (χ2n) is 6.39. The van der Waals surface area contributed by atoms with Crippen molar-refractivity contribution in [3.05, 3.63) is 30.5 Å². The number of benzene rings is 1. The standard InChI is InChI=1S/C15H20BN2O2P/c1-14(2)15(3,4)20-16(19-14)11-7-5-10(6-8-11)12-9-17-13(21)18-12/h5-9H,21H2,1-4H3,(H,17,18). The van der Waals surface area contributed by atoms with Gasteiger partial charge in [0.25, 0.3) is 0 Å². The van der Waals surface area contributed by atoms with Crippen LogP contribution in [0.2, 0.25) is 0 Å². The fraction of sp³-hybridized carbons (Fsp3) is 0.400. The van der Waals surface area contributed by atoms with Gasteiger partial charge in [-0.25, -0.2) is 4.98 Å². The van der Waals surface area contributed by atoms with Gasteiger partial charge in [-0.3, -0.25) is 0 Å². The monoisotopic (exact) mass is 302 g/mol. The van der Waals surface area contributed by atoms with E-state index < -0.39 is 0 Å². The lowest BCUT2D eigenvalue weighted by atomic mass is 9.79. The summed E-state index contributed by atoms with van der Waals surface area (Å²) < 4.78 is 12.1. The van der Waals surface area contributed by atoms with Crippen molar-refractivity contribution in [2.75, 3.05) is 0 Å². The Morgan fingerprint density at radius 2 is 1.62 bits per heavy atom. The van der Waals surface area contributed by atoms with E-state index in [4.69, 9.17) is 9.31 Å². The van der Waals surface area contributed by atoms with Gasteiger partial charge in [0.2, 0.25) is 0 Å². The summed E-state index contributed by atoms with van der Waals surface area (Å²) in [5.41, 5.74) is 3.34. The van der Waals surface area contributed by atoms with E-state index in [1.165, 1.54) is 0 Å². The largest absolute Gasteiger partial charge is 0.494 e. The topological polar surface area (TPSA) is 47.1 Å². The van der Waals surface area contributed by atoms with Crippen LogP contribution in [0.3, 0.4) is 0 Å². The molecule has 2 heterocycles. The van der Waals surface area contributed by atoms with Crippen molar-refractivity contribution in [2.45, 2.75) is 38.9 Å². The number of hydrogen-bond acceptors (Lipinski definition) is 3. The molecule has 1 atom stereocenters. The lowest BCUT2D eigenvalue weighted by Gasteiger charge is -2.32. The number of aromatic amines is 1. The maximum Gasteiger partial charge on any atom is 0.494 e. The van der Waals surface area contributed by atoms with Gasteiger partial charge in [-0.2, -0.15) is 0 Å². The summed E-state index contributed by atoms with van der Waals surface area (Å²) in [6.45, 7) is 8.25. The maximum atomic E-state index is 6.05. The van der Waals surface area contributed by atoms with Crippen LogP contribution in [0.4, 0.5) is 0 Å². The van der Waals surface area contributed by atoms with Crippen LogP contribution in [0, 0.1) is 0 Å². The molecule has 0 bridgehead atoms. The van der Waals surface area contributed by atoms with Crippen LogP contribution in [-0.4, -0.2) is 28.3 Å². The molecule has 1 saturated heterocycles. The van der Waals surface area contributed by atoms with Gasteiger partial charge in [0.1, 0.15) is 5.57 Å². The number of hydrogen-bond donors (Lipinski definition) is 1. The molecule has 0 aliphatic carbocycles. The molecule has 0 spiro atoms. The summed E-state index contributed by atoms with van der Waals surface area (Å²) in [7, 11) is 2.24. The Kier molecular flexibility index (Phi) is 3.48. The first kappa shape index (κ1) is 14.8. The van der Waals surface area contributed by atoms with Crippen molar-refractivity contribution in [3.63, 3.8) is 0 Å². The number of nitrogens with zero attached hydrogens (tertiary/aromatic N) is 1. The predicted octanol–water partition coefficient (Wildman–Crippen LogP) is 1.88. The second kappa shape index (κ2) is 4.94. The lowest BCUT2D eigenvalue weighted by molar-refractivity contribution is 0.00578. The van der Waals surface area contributed by atoms with E-state index in [0.29, 0.717) is 0 Å². The van der Waals surface area contributed by atoms with Crippen molar-refractivity contribution in [1.29, 1.82) is 0 Å². The van der Waals surface area contributed by atoms with E-state index >= 15 is 0 Å². The molecule has 1 N–H and O–H groups in total. The van der Waals surface area contributed by atoms with Crippen LogP contribution in [0.5, 0.6) is 0 Å². The Morgan fingerprint density at radius 3 is 2.10 bits per heavy atom. The third-order valence-electron chi connectivity index (χ3n) is 4.34. The minimum absolute atomic E-state index is 0.311. The van der Waals surface area contributed by atoms with Crippen LogP contribution < -0.4 is 11.0 Å². The first-order valence-electron chi connectivity index (χ1n) is 7.05. The highest BCUT2D eigenvalue weighted by Crippen LogP contribution is 2.36. The van der Waals surface area contributed by atoms with E-state index in [9.17, 15) is 0 Å². The summed E-state index contributed by atoms with van der Waals surface area (Å²) in [6.07, 6.45) is 1.83. The number of imidazole rings is 1. The molecule has 1 aromatic heterocycles. The van der Waals surface area contributed by atoms with E-state index in [-0.39, 0.29) is 18.3 Å². The first-order chi connectivity index (χ1) is 9.78. The third kappa shape index (κ3) is 2.66. The van der Waals surface area contributed by atoms with Crippen LogP contribution in [0.25, 0.3) is 11.3 Å². The summed E-state index contributed by atoms with van der Waals surface area (Å²) >= 11 is 0. The first-order valence-corrected chi connectivity index (χ1v) is 7.63. The highest BCUT2D eigenvalue weighted by atomic mass is 31.0. The van der Waals surface area contributed by atoms with Crippen molar-refractivity contribution in [1.82, 2.24) is 9.97 Å². The molecule has 1 aromatic carbocycles. The quantitative estimate of drug-likeness (QED) is 0.680. The second-order valence-corrected chi connectivity index (χ2v) is 6.94. The predicted molar refractivity (Wildman–Crippen MR) is 89.1 cm³/mol. The van der Waals surface area contributed by atoms with Gasteiger partial charge in [0, 0.05) is 0 Å². The molecule has 0 amide bonds. The molecular weight excluding hydrogens is 282 g/mol. The molecule has 1 unspecified atom stereocenters. The number of rotatable bonds is 2. The van der Waals surface area contributed by atoms with E-state index in [2.05, 4.69) is 59.0 Å². The van der Waals surface area contributed by atoms with Crippen molar-refractivity contribution < 1.29 is 9.31 Å². The zero-order valence-corrected chi connectivity index (χ0v) is 14.0. The Labute approximate surface area is 128 Å². The molecule has 0 saturated carbocycles. The molecule has 1 fully saturated rings. The fourth-order valence-corrected chi connectivity index (χ4v) is 2.51. The molecule has 1 aliphatic rings. The van der Waals surface area contributed by atoms with Crippen LogP contribution in [-0.2, 0) is 9.31 Å². The van der Waals surface area contributed by atoms with Gasteiger partial charge in [0.05, 0.1) is 23.1 Å². The molecular formula is C15H20BN2O2P. The summed E-state index contributed by atoms with van der Waals surface area (Å²) in [4.78, 5) is 7.39. The number of aromatic nitrogens is 2. The van der Waals surface area contributed by atoms with Crippen molar-refractivity contribution in [2.24, 2.45) is 0 Å². The van der Waals surface area contributed by atoms with Gasteiger partial charge >= 0.3 is 7.12 Å². The smallest absolute Gasteiger partial charge is 0.399 e. The SMILES string of the molecule is CC1(C)OB(c2ccc(-c3cnc(P)[nH]3)cc2)OC1(C)C. The van der Waals surface area contributed by atoms with Crippen molar-refractivity contribution in [3.8, 4) is 11.3 Å². The highest BCUT2D eigenvalue weighted by Gasteiger charge is 2.51. The molecule has 2 aromatic rings. The Hall–Kier alpha value is -1.16. The molecule has 3 rings (SSSR count). The van der Waals surface area contributed by atoms with Crippen LogP contribution in [0.1, 0.15) is 27.7 Å². The van der Waals surface area contributed by atoms with Gasteiger partial charge in [-0.1, -0.05) is 33.5 Å². The molecule has 4 nitrogen and oxygen atoms in total. The lowest BCUT2D eigenvalue weighted by Crippen LogP contribution is -2.41. The molecule has 6 heteroatoms. The number of H-pyrrole nitrogens is 1. The molecule has 21 heavy (non-hydrogen) atoms. The average Bonchev–Trinajstić information content (AvgIpc) is 2.92. The molecule has 110 valence electrons. The van der Waals surface area contributed by atoms with E-state index in [1.54, 1.807) is 0 Å². The highest BCUT2D eigenvalue weighted by molar-refractivity contribution is 7.26. The Balaban J connectivity index is 1.83. The maximum absolute atomic E-state index is 6.05. The Morgan fingerprint density at radius 1 is 1.05 bits per heavy atom. The average molecular weight is 302 g/mol. The van der Waals surface area contributed by atoms with E-state index in [1.807, 2.05) is 18.3 Å². The summed E-state index contributed by atoms with van der Waals surface area (Å²) in [5, 5.41) is 0. The number of nitrogens with one attached hydrogen (secondary N) is 1.